The molecule has 0 aliphatic rings. The average Bonchev–Trinajstić information content (AvgIpc) is 2.10. The number of carbonyl (C=O) groups is 1. The number of alkyl halides is 1. The van der Waals surface area contributed by atoms with Crippen LogP contribution in [0.15, 0.2) is 0 Å². The van der Waals surface area contributed by atoms with Gasteiger partial charge < -0.3 is 9.84 Å². The van der Waals surface area contributed by atoms with Crippen LogP contribution in [-0.4, -0.2) is 28.6 Å². The number of unbranched alkanes of at least 4 members (excludes halogenated alkanes) is 1. The molecule has 0 aromatic heterocycles. The third-order valence-electron chi connectivity index (χ3n) is 1.62. The van der Waals surface area contributed by atoms with Crippen molar-refractivity contribution in [3.05, 3.63) is 0 Å². The predicted molar refractivity (Wildman–Crippen MR) is 58.5 cm³/mol. The lowest BCUT2D eigenvalue weighted by atomic mass is 10.1. The average molecular weight is 263 g/mol. The normalized spacial score (nSPS) is 10.5. The van der Waals surface area contributed by atoms with E-state index in [-0.39, 0.29) is 0 Å². The minimum atomic E-state index is -1.09. The maximum absolute atomic E-state index is 10.6. The van der Waals surface area contributed by atoms with Crippen LogP contribution in [0, 0.1) is 11.8 Å². The zero-order chi connectivity index (χ0) is 11.0. The predicted octanol–water partition coefficient (Wildman–Crippen LogP) is 2.04. The van der Waals surface area contributed by atoms with E-state index < -0.39 is 11.6 Å². The molecule has 3 nitrogen and oxygen atoms in total. The monoisotopic (exact) mass is 262 g/mol. The lowest BCUT2D eigenvalue weighted by Gasteiger charge is -2.19. The number of ether oxygens (including phenoxy) is 1. The number of rotatable bonds is 5. The highest BCUT2D eigenvalue weighted by molar-refractivity contribution is 9.09. The van der Waals surface area contributed by atoms with Gasteiger partial charge in [0.05, 0.1) is 5.33 Å². The van der Waals surface area contributed by atoms with E-state index in [2.05, 4.69) is 27.8 Å². The van der Waals surface area contributed by atoms with Gasteiger partial charge in [-0.3, -0.25) is 0 Å². The molecule has 14 heavy (non-hydrogen) atoms. The Kier molecular flexibility index (Phi) is 6.60. The molecule has 0 aliphatic carbocycles. The fourth-order valence-corrected chi connectivity index (χ4v) is 0.884. The number of carboxylic acids is 1. The van der Waals surface area contributed by atoms with Crippen molar-refractivity contribution in [3.8, 4) is 11.8 Å². The molecule has 0 aromatic rings. The van der Waals surface area contributed by atoms with Crippen molar-refractivity contribution >= 4 is 21.9 Å². The molecule has 0 radical (unpaired) electrons. The largest absolute Gasteiger partial charge is 0.479 e. The molecule has 0 amide bonds. The number of hydrogen-bond donors (Lipinski definition) is 1. The first kappa shape index (κ1) is 13.5. The summed E-state index contributed by atoms with van der Waals surface area (Å²) < 4.78 is 5.19. The molecular weight excluding hydrogens is 248 g/mol. The first-order chi connectivity index (χ1) is 6.50. The van der Waals surface area contributed by atoms with E-state index in [4.69, 9.17) is 9.84 Å². The number of aliphatic carboxylic acids is 1. The van der Waals surface area contributed by atoms with Crippen molar-refractivity contribution in [2.24, 2.45) is 0 Å². The first-order valence-corrected chi connectivity index (χ1v) is 5.52. The summed E-state index contributed by atoms with van der Waals surface area (Å²) in [7, 11) is 0. The van der Waals surface area contributed by atoms with Crippen molar-refractivity contribution < 1.29 is 14.6 Å². The van der Waals surface area contributed by atoms with Crippen LogP contribution in [0.3, 0.4) is 0 Å². The number of hydrogen-bond acceptors (Lipinski definition) is 2. The molecule has 0 saturated heterocycles. The van der Waals surface area contributed by atoms with Gasteiger partial charge in [0.2, 0.25) is 0 Å². The van der Waals surface area contributed by atoms with Gasteiger partial charge in [-0.25, -0.2) is 4.79 Å². The summed E-state index contributed by atoms with van der Waals surface area (Å²) in [5.41, 5.74) is -1.09. The molecule has 0 saturated carbocycles. The van der Waals surface area contributed by atoms with E-state index in [0.717, 1.165) is 12.8 Å². The Morgan fingerprint density at radius 2 is 2.14 bits per heavy atom. The van der Waals surface area contributed by atoms with E-state index >= 15 is 0 Å². The van der Waals surface area contributed by atoms with E-state index in [1.165, 1.54) is 0 Å². The quantitative estimate of drug-likeness (QED) is 0.469. The summed E-state index contributed by atoms with van der Waals surface area (Å²) >= 11 is 3.19. The van der Waals surface area contributed by atoms with Crippen LogP contribution in [0.2, 0.25) is 0 Å². The van der Waals surface area contributed by atoms with Crippen LogP contribution < -0.4 is 0 Å². The molecule has 0 spiro atoms. The van der Waals surface area contributed by atoms with Gasteiger partial charge in [0.15, 0.2) is 5.60 Å². The van der Waals surface area contributed by atoms with Crippen LogP contribution in [0.25, 0.3) is 0 Å². The van der Waals surface area contributed by atoms with E-state index in [1.54, 1.807) is 13.8 Å². The van der Waals surface area contributed by atoms with Gasteiger partial charge in [0.1, 0.15) is 0 Å². The molecule has 0 aromatic carbocycles. The van der Waals surface area contributed by atoms with Gasteiger partial charge in [-0.2, -0.15) is 0 Å². The van der Waals surface area contributed by atoms with Crippen molar-refractivity contribution in [2.45, 2.75) is 32.3 Å². The van der Waals surface area contributed by atoms with Crippen LogP contribution >= 0.6 is 15.9 Å². The van der Waals surface area contributed by atoms with Crippen LogP contribution in [0.5, 0.6) is 0 Å². The van der Waals surface area contributed by atoms with E-state index in [9.17, 15) is 4.79 Å². The highest BCUT2D eigenvalue weighted by Gasteiger charge is 2.27. The fraction of sp³-hybridized carbons (Fsp3) is 0.700. The highest BCUT2D eigenvalue weighted by atomic mass is 79.9. The third kappa shape index (κ3) is 6.01. The maximum atomic E-state index is 10.6. The Morgan fingerprint density at radius 3 is 2.64 bits per heavy atom. The summed E-state index contributed by atoms with van der Waals surface area (Å²) in [6.45, 7) is 3.51. The highest BCUT2D eigenvalue weighted by Crippen LogP contribution is 2.09. The molecule has 0 fully saturated rings. The maximum Gasteiger partial charge on any atom is 0.335 e. The molecule has 0 aliphatic heterocycles. The zero-order valence-corrected chi connectivity index (χ0v) is 10.1. The van der Waals surface area contributed by atoms with Crippen molar-refractivity contribution in [2.75, 3.05) is 11.9 Å². The molecule has 0 unspecified atom stereocenters. The van der Waals surface area contributed by atoms with Crippen LogP contribution in [0.1, 0.15) is 26.7 Å². The van der Waals surface area contributed by atoms with Crippen LogP contribution in [0.4, 0.5) is 0 Å². The lowest BCUT2D eigenvalue weighted by Crippen LogP contribution is -2.34. The Labute approximate surface area is 93.0 Å². The summed E-state index contributed by atoms with van der Waals surface area (Å²) in [6.07, 6.45) is 1.50. The minimum absolute atomic E-state index is 0.427. The standard InChI is InChI=1S/C10H15BrO3/c1-10(2,9(12)13)14-8-6-4-3-5-7-11/h4,6-8H2,1-2H3,(H,12,13). The van der Waals surface area contributed by atoms with Gasteiger partial charge in [-0.05, 0) is 20.3 Å². The summed E-state index contributed by atoms with van der Waals surface area (Å²) in [5.74, 6) is 4.85. The Balaban J connectivity index is 3.59. The molecule has 80 valence electrons. The van der Waals surface area contributed by atoms with Gasteiger partial charge in [-0.1, -0.05) is 21.9 Å². The number of halogens is 1. The smallest absolute Gasteiger partial charge is 0.335 e. The molecule has 0 atom stereocenters. The second-order valence-corrected chi connectivity index (χ2v) is 3.82. The molecule has 0 bridgehead atoms. The molecule has 0 rings (SSSR count). The van der Waals surface area contributed by atoms with Gasteiger partial charge in [0, 0.05) is 13.0 Å². The minimum Gasteiger partial charge on any atom is -0.479 e. The molecular formula is C10H15BrO3. The van der Waals surface area contributed by atoms with Crippen molar-refractivity contribution in [1.82, 2.24) is 0 Å². The first-order valence-electron chi connectivity index (χ1n) is 4.39. The van der Waals surface area contributed by atoms with Crippen molar-refractivity contribution in [3.63, 3.8) is 0 Å². The third-order valence-corrected chi connectivity index (χ3v) is 1.90. The number of carboxylic acid groups (broad SMARTS) is 1. The topological polar surface area (TPSA) is 46.5 Å². The van der Waals surface area contributed by atoms with Crippen LogP contribution in [-0.2, 0) is 9.53 Å². The lowest BCUT2D eigenvalue weighted by molar-refractivity contribution is -0.161. The van der Waals surface area contributed by atoms with Gasteiger partial charge >= 0.3 is 5.97 Å². The Hall–Kier alpha value is -0.530. The SMILES string of the molecule is CC(C)(OCCCC#CCBr)C(=O)O. The van der Waals surface area contributed by atoms with E-state index in [0.29, 0.717) is 11.9 Å². The second kappa shape index (κ2) is 6.86. The molecule has 0 heterocycles. The Morgan fingerprint density at radius 1 is 1.50 bits per heavy atom. The summed E-state index contributed by atoms with van der Waals surface area (Å²) in [5, 5.41) is 9.40. The molecule has 1 N–H and O–H groups in total. The summed E-state index contributed by atoms with van der Waals surface area (Å²) in [6, 6.07) is 0. The van der Waals surface area contributed by atoms with Gasteiger partial charge in [0.25, 0.3) is 0 Å². The van der Waals surface area contributed by atoms with Gasteiger partial charge in [-0.15, -0.1) is 5.92 Å². The Bertz CT molecular complexity index is 237. The van der Waals surface area contributed by atoms with E-state index in [1.807, 2.05) is 0 Å². The summed E-state index contributed by atoms with van der Waals surface area (Å²) in [4.78, 5) is 10.6. The zero-order valence-electron chi connectivity index (χ0n) is 8.47. The van der Waals surface area contributed by atoms with Crippen molar-refractivity contribution in [1.29, 1.82) is 0 Å². The second-order valence-electron chi connectivity index (χ2n) is 3.25. The molecule has 4 heteroatoms. The fourth-order valence-electron chi connectivity index (χ4n) is 0.685.